The van der Waals surface area contributed by atoms with Crippen LogP contribution >= 0.6 is 11.8 Å². The number of nitrogens with one attached hydrogen (secondary N) is 1. The maximum Gasteiger partial charge on any atom is 0.234 e. The minimum atomic E-state index is -0.0389. The van der Waals surface area contributed by atoms with Gasteiger partial charge in [0.15, 0.2) is 0 Å². The highest BCUT2D eigenvalue weighted by Crippen LogP contribution is 2.23. The van der Waals surface area contributed by atoms with Crippen molar-refractivity contribution in [3.05, 3.63) is 54.1 Å². The molecule has 1 amide bonds. The average molecular weight is 317 g/mol. The van der Waals surface area contributed by atoms with Crippen LogP contribution in [0.2, 0.25) is 0 Å². The van der Waals surface area contributed by atoms with Crippen LogP contribution in [-0.4, -0.2) is 25.9 Å². The van der Waals surface area contributed by atoms with E-state index in [1.165, 1.54) is 0 Å². The molecule has 4 nitrogen and oxygen atoms in total. The minimum absolute atomic E-state index is 0.0389. The second kappa shape index (κ2) is 8.34. The van der Waals surface area contributed by atoms with Crippen LogP contribution in [0.15, 0.2) is 48.5 Å². The van der Waals surface area contributed by atoms with Gasteiger partial charge in [-0.3, -0.25) is 4.79 Å². The van der Waals surface area contributed by atoms with Gasteiger partial charge in [-0.15, -0.1) is 11.8 Å². The van der Waals surface area contributed by atoms with Gasteiger partial charge in [0.25, 0.3) is 0 Å². The molecule has 0 atom stereocenters. The Labute approximate surface area is 134 Å². The van der Waals surface area contributed by atoms with Gasteiger partial charge >= 0.3 is 0 Å². The molecule has 22 heavy (non-hydrogen) atoms. The maximum absolute atomic E-state index is 12.0. The summed E-state index contributed by atoms with van der Waals surface area (Å²) < 4.78 is 10.3. The fraction of sp³-hybridized carbons (Fsp3) is 0.235. The number of para-hydroxylation sites is 2. The maximum atomic E-state index is 12.0. The zero-order valence-electron chi connectivity index (χ0n) is 12.7. The molecule has 0 aromatic heterocycles. The zero-order chi connectivity index (χ0) is 15.8. The first kappa shape index (κ1) is 16.2. The average Bonchev–Trinajstić information content (AvgIpc) is 2.56. The number of hydrogen-bond donors (Lipinski definition) is 1. The van der Waals surface area contributed by atoms with Crippen LogP contribution in [0.25, 0.3) is 0 Å². The van der Waals surface area contributed by atoms with Gasteiger partial charge in [0.05, 0.1) is 25.7 Å². The molecule has 2 aromatic rings. The number of ether oxygens (including phenoxy) is 2. The summed E-state index contributed by atoms with van der Waals surface area (Å²) >= 11 is 1.57. The van der Waals surface area contributed by atoms with Crippen molar-refractivity contribution in [3.8, 4) is 11.5 Å². The molecule has 5 heteroatoms. The predicted molar refractivity (Wildman–Crippen MR) is 90.8 cm³/mol. The van der Waals surface area contributed by atoms with Crippen molar-refractivity contribution in [2.45, 2.75) is 5.75 Å². The summed E-state index contributed by atoms with van der Waals surface area (Å²) in [5, 5.41) is 2.86. The first-order chi connectivity index (χ1) is 10.7. The zero-order valence-corrected chi connectivity index (χ0v) is 13.5. The Morgan fingerprint density at radius 1 is 1.05 bits per heavy atom. The monoisotopic (exact) mass is 317 g/mol. The molecule has 0 fully saturated rings. The summed E-state index contributed by atoms with van der Waals surface area (Å²) in [6.45, 7) is 0. The topological polar surface area (TPSA) is 47.6 Å². The number of benzene rings is 2. The third kappa shape index (κ3) is 4.70. The SMILES string of the molecule is COc1ccc(CSCC(=O)Nc2ccccc2OC)cc1. The third-order valence-electron chi connectivity index (χ3n) is 3.04. The summed E-state index contributed by atoms with van der Waals surface area (Å²) in [5.41, 5.74) is 1.86. The van der Waals surface area contributed by atoms with Crippen LogP contribution in [0.1, 0.15) is 5.56 Å². The summed E-state index contributed by atoms with van der Waals surface area (Å²) in [4.78, 5) is 12.0. The first-order valence-electron chi connectivity index (χ1n) is 6.86. The van der Waals surface area contributed by atoms with E-state index in [2.05, 4.69) is 5.32 Å². The van der Waals surface area contributed by atoms with E-state index in [4.69, 9.17) is 9.47 Å². The molecule has 0 spiro atoms. The minimum Gasteiger partial charge on any atom is -0.497 e. The van der Waals surface area contributed by atoms with Gasteiger partial charge in [-0.2, -0.15) is 0 Å². The van der Waals surface area contributed by atoms with E-state index in [0.29, 0.717) is 17.2 Å². The molecule has 116 valence electrons. The summed E-state index contributed by atoms with van der Waals surface area (Å²) in [6.07, 6.45) is 0. The van der Waals surface area contributed by atoms with E-state index in [9.17, 15) is 4.79 Å². The number of methoxy groups -OCH3 is 2. The van der Waals surface area contributed by atoms with Crippen LogP contribution in [-0.2, 0) is 10.5 Å². The molecule has 0 aliphatic carbocycles. The predicted octanol–water partition coefficient (Wildman–Crippen LogP) is 3.58. The smallest absolute Gasteiger partial charge is 0.234 e. The van der Waals surface area contributed by atoms with Gasteiger partial charge in [0.1, 0.15) is 11.5 Å². The number of amides is 1. The molecule has 1 N–H and O–H groups in total. The number of carbonyl (C=O) groups is 1. The molecule has 0 bridgehead atoms. The van der Waals surface area contributed by atoms with Crippen molar-refractivity contribution in [2.75, 3.05) is 25.3 Å². The van der Waals surface area contributed by atoms with Crippen LogP contribution in [0.4, 0.5) is 5.69 Å². The van der Waals surface area contributed by atoms with Crippen molar-refractivity contribution in [2.24, 2.45) is 0 Å². The molecule has 2 rings (SSSR count). The lowest BCUT2D eigenvalue weighted by Gasteiger charge is -2.09. The van der Waals surface area contributed by atoms with Crippen LogP contribution < -0.4 is 14.8 Å². The summed E-state index contributed by atoms with van der Waals surface area (Å²) in [6, 6.07) is 15.2. The van der Waals surface area contributed by atoms with Gasteiger partial charge < -0.3 is 14.8 Å². The molecule has 0 aliphatic rings. The Hall–Kier alpha value is -2.14. The van der Waals surface area contributed by atoms with Crippen LogP contribution in [0.5, 0.6) is 11.5 Å². The molecule has 0 unspecified atom stereocenters. The van der Waals surface area contributed by atoms with Crippen LogP contribution in [0, 0.1) is 0 Å². The van der Waals surface area contributed by atoms with E-state index in [0.717, 1.165) is 17.1 Å². The molecular weight excluding hydrogens is 298 g/mol. The largest absolute Gasteiger partial charge is 0.497 e. The van der Waals surface area contributed by atoms with E-state index < -0.39 is 0 Å². The number of rotatable bonds is 7. The number of anilines is 1. The van der Waals surface area contributed by atoms with Gasteiger partial charge in [-0.25, -0.2) is 0 Å². The van der Waals surface area contributed by atoms with Crippen molar-refractivity contribution >= 4 is 23.4 Å². The Morgan fingerprint density at radius 2 is 1.77 bits per heavy atom. The van der Waals surface area contributed by atoms with Crippen molar-refractivity contribution in [1.82, 2.24) is 0 Å². The van der Waals surface area contributed by atoms with Gasteiger partial charge in [0.2, 0.25) is 5.91 Å². The van der Waals surface area contributed by atoms with E-state index >= 15 is 0 Å². The summed E-state index contributed by atoms with van der Waals surface area (Å²) in [5.74, 6) is 2.63. The lowest BCUT2D eigenvalue weighted by atomic mass is 10.2. The summed E-state index contributed by atoms with van der Waals surface area (Å²) in [7, 11) is 3.23. The van der Waals surface area contributed by atoms with E-state index in [-0.39, 0.29) is 5.91 Å². The Balaban J connectivity index is 1.80. The van der Waals surface area contributed by atoms with E-state index in [1.807, 2.05) is 48.5 Å². The quantitative estimate of drug-likeness (QED) is 0.848. The number of carbonyl (C=O) groups excluding carboxylic acids is 1. The van der Waals surface area contributed by atoms with Crippen LogP contribution in [0.3, 0.4) is 0 Å². The fourth-order valence-corrected chi connectivity index (χ4v) is 2.71. The molecule has 0 aliphatic heterocycles. The highest BCUT2D eigenvalue weighted by molar-refractivity contribution is 7.99. The fourth-order valence-electron chi connectivity index (χ4n) is 1.92. The number of hydrogen-bond acceptors (Lipinski definition) is 4. The molecule has 0 saturated heterocycles. The lowest BCUT2D eigenvalue weighted by molar-refractivity contribution is -0.113. The van der Waals surface area contributed by atoms with Gasteiger partial charge in [-0.05, 0) is 29.8 Å². The normalized spacial score (nSPS) is 10.1. The Bertz CT molecular complexity index is 614. The first-order valence-corrected chi connectivity index (χ1v) is 8.02. The molecule has 0 heterocycles. The second-order valence-electron chi connectivity index (χ2n) is 4.59. The van der Waals surface area contributed by atoms with Crippen molar-refractivity contribution in [1.29, 1.82) is 0 Å². The number of thioether (sulfide) groups is 1. The molecule has 2 aromatic carbocycles. The van der Waals surface area contributed by atoms with E-state index in [1.54, 1.807) is 26.0 Å². The Kier molecular flexibility index (Phi) is 6.15. The third-order valence-corrected chi connectivity index (χ3v) is 4.05. The highest BCUT2D eigenvalue weighted by atomic mass is 32.2. The van der Waals surface area contributed by atoms with Crippen molar-refractivity contribution < 1.29 is 14.3 Å². The molecule has 0 radical (unpaired) electrons. The van der Waals surface area contributed by atoms with Gasteiger partial charge in [-0.1, -0.05) is 24.3 Å². The van der Waals surface area contributed by atoms with Gasteiger partial charge in [0, 0.05) is 5.75 Å². The molecular formula is C17H19NO3S. The van der Waals surface area contributed by atoms with Crippen molar-refractivity contribution in [3.63, 3.8) is 0 Å². The molecule has 0 saturated carbocycles. The Morgan fingerprint density at radius 3 is 2.45 bits per heavy atom. The second-order valence-corrected chi connectivity index (χ2v) is 5.57. The standard InChI is InChI=1S/C17H19NO3S/c1-20-14-9-7-13(8-10-14)11-22-12-17(19)18-15-5-3-4-6-16(15)21-2/h3-10H,11-12H2,1-2H3,(H,18,19). The highest BCUT2D eigenvalue weighted by Gasteiger charge is 2.07. The lowest BCUT2D eigenvalue weighted by Crippen LogP contribution is -2.14.